The summed E-state index contributed by atoms with van der Waals surface area (Å²) in [7, 11) is 0. The van der Waals surface area contributed by atoms with Gasteiger partial charge in [-0.25, -0.2) is 4.79 Å². The molecule has 1 aromatic carbocycles. The Morgan fingerprint density at radius 2 is 2.00 bits per heavy atom. The first-order valence-electron chi connectivity index (χ1n) is 6.20. The van der Waals surface area contributed by atoms with E-state index in [1.165, 1.54) is 4.88 Å². The van der Waals surface area contributed by atoms with Crippen molar-refractivity contribution in [1.82, 2.24) is 0 Å². The van der Waals surface area contributed by atoms with Crippen molar-refractivity contribution in [3.8, 4) is 0 Å². The summed E-state index contributed by atoms with van der Waals surface area (Å²) in [4.78, 5) is 14.3. The Bertz CT molecular complexity index is 569. The molecule has 0 atom stereocenters. The van der Waals surface area contributed by atoms with Gasteiger partial charge in [0.2, 0.25) is 0 Å². The van der Waals surface area contributed by atoms with E-state index in [1.54, 1.807) is 23.5 Å². The van der Waals surface area contributed by atoms with E-state index in [-0.39, 0.29) is 5.97 Å². The van der Waals surface area contributed by atoms with Crippen LogP contribution in [-0.2, 0) is 17.8 Å². The molecule has 0 amide bonds. The van der Waals surface area contributed by atoms with Gasteiger partial charge in [-0.15, -0.1) is 11.3 Å². The number of thiophene rings is 1. The van der Waals surface area contributed by atoms with Crippen molar-refractivity contribution < 1.29 is 9.53 Å². The Labute approximate surface area is 117 Å². The van der Waals surface area contributed by atoms with Gasteiger partial charge in [-0.2, -0.15) is 0 Å². The van der Waals surface area contributed by atoms with E-state index in [9.17, 15) is 4.79 Å². The largest absolute Gasteiger partial charge is 0.456 e. The van der Waals surface area contributed by atoms with Crippen LogP contribution in [0.15, 0.2) is 30.3 Å². The number of hydrogen-bond acceptors (Lipinski definition) is 4. The second kappa shape index (κ2) is 5.89. The van der Waals surface area contributed by atoms with E-state index < -0.39 is 0 Å². The van der Waals surface area contributed by atoms with E-state index in [4.69, 9.17) is 10.5 Å². The molecule has 0 radical (unpaired) electrons. The Morgan fingerprint density at radius 1 is 1.26 bits per heavy atom. The maximum atomic E-state index is 11.9. The normalized spacial score (nSPS) is 10.4. The topological polar surface area (TPSA) is 52.3 Å². The lowest BCUT2D eigenvalue weighted by Gasteiger charge is -2.05. The molecule has 0 aliphatic rings. The van der Waals surface area contributed by atoms with Crippen LogP contribution < -0.4 is 5.73 Å². The molecule has 0 aliphatic heterocycles. The highest BCUT2D eigenvalue weighted by Gasteiger charge is 2.09. The number of rotatable bonds is 4. The Hall–Kier alpha value is -1.81. The number of carbonyl (C=O) groups excluding carboxylic acids is 1. The number of carbonyl (C=O) groups is 1. The molecule has 100 valence electrons. The highest BCUT2D eigenvalue weighted by atomic mass is 32.1. The summed E-state index contributed by atoms with van der Waals surface area (Å²) < 4.78 is 5.30. The van der Waals surface area contributed by atoms with Gasteiger partial charge < -0.3 is 10.5 Å². The predicted octanol–water partition coefficient (Wildman–Crippen LogP) is 3.56. The van der Waals surface area contributed by atoms with E-state index in [2.05, 4.69) is 13.0 Å². The average Bonchev–Trinajstić information content (AvgIpc) is 2.82. The van der Waals surface area contributed by atoms with E-state index in [0.717, 1.165) is 16.9 Å². The number of hydrogen-bond donors (Lipinski definition) is 1. The van der Waals surface area contributed by atoms with E-state index in [1.807, 2.05) is 19.1 Å². The van der Waals surface area contributed by atoms with Gasteiger partial charge >= 0.3 is 5.97 Å². The second-order valence-corrected chi connectivity index (χ2v) is 5.68. The fourth-order valence-corrected chi connectivity index (χ4v) is 2.71. The summed E-state index contributed by atoms with van der Waals surface area (Å²) in [5.41, 5.74) is 7.76. The number of ether oxygens (including phenoxy) is 1. The number of esters is 1. The molecule has 1 heterocycles. The molecular weight excluding hydrogens is 258 g/mol. The third-order valence-corrected chi connectivity index (χ3v) is 3.95. The number of anilines is 1. The first kappa shape index (κ1) is 13.6. The first-order valence-corrected chi connectivity index (χ1v) is 7.02. The van der Waals surface area contributed by atoms with Crippen molar-refractivity contribution in [1.29, 1.82) is 0 Å². The standard InChI is InChI=1S/C15H17NO2S/c1-3-13-4-5-14(19-13)9-18-15(17)11-6-10(2)7-12(16)8-11/h4-8H,3,9,16H2,1-2H3. The number of nitrogen functional groups attached to an aromatic ring is 1. The van der Waals surface area contributed by atoms with Gasteiger partial charge in [0.25, 0.3) is 0 Å². The Balaban J connectivity index is 2.00. The Morgan fingerprint density at radius 3 is 2.63 bits per heavy atom. The summed E-state index contributed by atoms with van der Waals surface area (Å²) in [6, 6.07) is 9.31. The van der Waals surface area contributed by atoms with Crippen LogP contribution >= 0.6 is 11.3 Å². The van der Waals surface area contributed by atoms with Crippen molar-refractivity contribution in [2.45, 2.75) is 26.9 Å². The van der Waals surface area contributed by atoms with Crippen LogP contribution in [-0.4, -0.2) is 5.97 Å². The van der Waals surface area contributed by atoms with Crippen LogP contribution in [0.4, 0.5) is 5.69 Å². The van der Waals surface area contributed by atoms with Gasteiger partial charge in [0, 0.05) is 15.4 Å². The lowest BCUT2D eigenvalue weighted by molar-refractivity contribution is 0.0477. The maximum Gasteiger partial charge on any atom is 0.338 e. The van der Waals surface area contributed by atoms with Gasteiger partial charge in [-0.05, 0) is 49.2 Å². The number of benzene rings is 1. The van der Waals surface area contributed by atoms with E-state index in [0.29, 0.717) is 17.9 Å². The SMILES string of the molecule is CCc1ccc(COC(=O)c2cc(C)cc(N)c2)s1. The fourth-order valence-electron chi connectivity index (χ4n) is 1.84. The van der Waals surface area contributed by atoms with Crippen molar-refractivity contribution in [3.05, 3.63) is 51.2 Å². The second-order valence-electron chi connectivity index (χ2n) is 4.43. The molecule has 1 aromatic heterocycles. The zero-order valence-corrected chi connectivity index (χ0v) is 11.9. The molecule has 0 saturated carbocycles. The summed E-state index contributed by atoms with van der Waals surface area (Å²) in [6.07, 6.45) is 1.01. The van der Waals surface area contributed by atoms with Crippen LogP contribution in [0.5, 0.6) is 0 Å². The number of aryl methyl sites for hydroxylation is 2. The van der Waals surface area contributed by atoms with E-state index >= 15 is 0 Å². The van der Waals surface area contributed by atoms with Gasteiger partial charge in [0.15, 0.2) is 0 Å². The molecule has 2 aromatic rings. The van der Waals surface area contributed by atoms with Gasteiger partial charge in [0.05, 0.1) is 5.56 Å². The molecule has 0 bridgehead atoms. The van der Waals surface area contributed by atoms with Crippen LogP contribution in [0.25, 0.3) is 0 Å². The third kappa shape index (κ3) is 3.58. The lowest BCUT2D eigenvalue weighted by Crippen LogP contribution is -2.05. The summed E-state index contributed by atoms with van der Waals surface area (Å²) in [5.74, 6) is -0.332. The molecule has 0 aliphatic carbocycles. The highest BCUT2D eigenvalue weighted by Crippen LogP contribution is 2.19. The molecule has 0 saturated heterocycles. The van der Waals surface area contributed by atoms with Crippen LogP contribution in [0.2, 0.25) is 0 Å². The quantitative estimate of drug-likeness (QED) is 0.685. The average molecular weight is 275 g/mol. The molecule has 0 unspecified atom stereocenters. The predicted molar refractivity (Wildman–Crippen MR) is 78.4 cm³/mol. The van der Waals surface area contributed by atoms with Crippen LogP contribution in [0.3, 0.4) is 0 Å². The summed E-state index contributed by atoms with van der Waals surface area (Å²) >= 11 is 1.67. The third-order valence-electron chi connectivity index (χ3n) is 2.75. The zero-order valence-electron chi connectivity index (χ0n) is 11.1. The Kier molecular flexibility index (Phi) is 4.22. The van der Waals surface area contributed by atoms with Crippen LogP contribution in [0, 0.1) is 6.92 Å². The minimum Gasteiger partial charge on any atom is -0.456 e. The zero-order chi connectivity index (χ0) is 13.8. The maximum absolute atomic E-state index is 11.9. The van der Waals surface area contributed by atoms with Gasteiger partial charge in [-0.3, -0.25) is 0 Å². The smallest absolute Gasteiger partial charge is 0.338 e. The van der Waals surface area contributed by atoms with Crippen LogP contribution in [0.1, 0.15) is 32.6 Å². The number of nitrogens with two attached hydrogens (primary N) is 1. The minimum atomic E-state index is -0.332. The van der Waals surface area contributed by atoms with Gasteiger partial charge in [0.1, 0.15) is 6.61 Å². The summed E-state index contributed by atoms with van der Waals surface area (Å²) in [5, 5.41) is 0. The van der Waals surface area contributed by atoms with Gasteiger partial charge in [-0.1, -0.05) is 6.92 Å². The monoisotopic (exact) mass is 275 g/mol. The molecule has 2 N–H and O–H groups in total. The molecule has 4 heteroatoms. The first-order chi connectivity index (χ1) is 9.08. The van der Waals surface area contributed by atoms with Crippen molar-refractivity contribution in [2.24, 2.45) is 0 Å². The molecule has 19 heavy (non-hydrogen) atoms. The van der Waals surface area contributed by atoms with Crippen molar-refractivity contribution >= 4 is 23.0 Å². The fraction of sp³-hybridized carbons (Fsp3) is 0.267. The molecule has 0 spiro atoms. The molecule has 0 fully saturated rings. The molecule has 3 nitrogen and oxygen atoms in total. The highest BCUT2D eigenvalue weighted by molar-refractivity contribution is 7.11. The lowest BCUT2D eigenvalue weighted by atomic mass is 10.1. The van der Waals surface area contributed by atoms with Crippen molar-refractivity contribution in [3.63, 3.8) is 0 Å². The summed E-state index contributed by atoms with van der Waals surface area (Å²) in [6.45, 7) is 4.33. The minimum absolute atomic E-state index is 0.317. The van der Waals surface area contributed by atoms with Crippen molar-refractivity contribution in [2.75, 3.05) is 5.73 Å². The molecule has 2 rings (SSSR count). The molecular formula is C15H17NO2S.